The first-order chi connectivity index (χ1) is 7.94. The van der Waals surface area contributed by atoms with Gasteiger partial charge in [0.05, 0.1) is 5.52 Å². The predicted octanol–water partition coefficient (Wildman–Crippen LogP) is 2.69. The summed E-state index contributed by atoms with van der Waals surface area (Å²) in [4.78, 5) is 21.7. The highest BCUT2D eigenvalue weighted by Gasteiger charge is 2.05. The van der Waals surface area contributed by atoms with Crippen LogP contribution in [0.3, 0.4) is 0 Å². The van der Waals surface area contributed by atoms with Gasteiger partial charge in [-0.25, -0.2) is 0 Å². The first-order valence-electron chi connectivity index (χ1n) is 5.05. The second-order valence-electron chi connectivity index (χ2n) is 3.87. The zero-order valence-electron chi connectivity index (χ0n) is 9.24. The van der Waals surface area contributed by atoms with Crippen molar-refractivity contribution in [3.63, 3.8) is 0 Å². The van der Waals surface area contributed by atoms with Crippen LogP contribution in [-0.4, -0.2) is 14.8 Å². The molecule has 0 aliphatic rings. The van der Waals surface area contributed by atoms with E-state index in [9.17, 15) is 4.57 Å². The summed E-state index contributed by atoms with van der Waals surface area (Å²) in [6, 6.07) is 7.49. The average Bonchev–Trinajstić information content (AvgIpc) is 2.25. The van der Waals surface area contributed by atoms with Crippen molar-refractivity contribution in [3.05, 3.63) is 47.4 Å². The molecule has 1 aromatic carbocycles. The third-order valence-electron chi connectivity index (χ3n) is 2.31. The molecule has 0 amide bonds. The summed E-state index contributed by atoms with van der Waals surface area (Å²) in [6.07, 6.45) is 3.17. The number of rotatable bonds is 2. The van der Waals surface area contributed by atoms with Gasteiger partial charge >= 0.3 is 7.60 Å². The van der Waals surface area contributed by atoms with E-state index in [1.807, 2.05) is 19.1 Å². The highest BCUT2D eigenvalue weighted by molar-refractivity contribution is 7.55. The molecule has 0 unspecified atom stereocenters. The Hall–Kier alpha value is -1.48. The minimum atomic E-state index is -4.10. The topological polar surface area (TPSA) is 70.4 Å². The number of pyridine rings is 1. The van der Waals surface area contributed by atoms with E-state index in [2.05, 4.69) is 4.98 Å². The van der Waals surface area contributed by atoms with Crippen LogP contribution in [0, 0.1) is 6.92 Å². The molecular formula is C12H12NO3P. The molecule has 0 aliphatic carbocycles. The van der Waals surface area contributed by atoms with Crippen LogP contribution in [0.4, 0.5) is 0 Å². The van der Waals surface area contributed by atoms with E-state index in [4.69, 9.17) is 9.79 Å². The van der Waals surface area contributed by atoms with Crippen LogP contribution < -0.4 is 0 Å². The molecule has 2 aromatic rings. The molecular weight excluding hydrogens is 237 g/mol. The minimum Gasteiger partial charge on any atom is -0.321 e. The van der Waals surface area contributed by atoms with Crippen LogP contribution in [-0.2, 0) is 4.57 Å². The van der Waals surface area contributed by atoms with Crippen molar-refractivity contribution in [2.45, 2.75) is 6.92 Å². The molecule has 4 nitrogen and oxygen atoms in total. The number of benzene rings is 1. The summed E-state index contributed by atoms with van der Waals surface area (Å²) >= 11 is 0. The van der Waals surface area contributed by atoms with Crippen LogP contribution in [0.5, 0.6) is 0 Å². The van der Waals surface area contributed by atoms with Crippen molar-refractivity contribution in [1.82, 2.24) is 4.98 Å². The molecule has 2 N–H and O–H groups in total. The standard InChI is InChI=1S/C12H12NO3P/c1-9-6-11-3-2-10(4-5-17(14,15)16)7-12(11)13-8-9/h2-8H,1H3,(H2,14,15,16)/b5-4+. The van der Waals surface area contributed by atoms with E-state index >= 15 is 0 Å². The Morgan fingerprint density at radius 2 is 2.06 bits per heavy atom. The third kappa shape index (κ3) is 3.24. The Morgan fingerprint density at radius 3 is 2.76 bits per heavy atom. The molecule has 0 aliphatic heterocycles. The van der Waals surface area contributed by atoms with Gasteiger partial charge in [0, 0.05) is 17.4 Å². The first-order valence-corrected chi connectivity index (χ1v) is 6.73. The summed E-state index contributed by atoms with van der Waals surface area (Å²) in [7, 11) is -4.10. The monoisotopic (exact) mass is 249 g/mol. The largest absolute Gasteiger partial charge is 0.349 e. The lowest BCUT2D eigenvalue weighted by atomic mass is 10.1. The summed E-state index contributed by atoms with van der Waals surface area (Å²) in [5, 5.41) is 1.01. The van der Waals surface area contributed by atoms with Crippen LogP contribution in [0.15, 0.2) is 36.3 Å². The molecule has 1 aromatic heterocycles. The van der Waals surface area contributed by atoms with Crippen LogP contribution >= 0.6 is 7.60 Å². The van der Waals surface area contributed by atoms with Gasteiger partial charge in [-0.3, -0.25) is 9.55 Å². The van der Waals surface area contributed by atoms with Crippen molar-refractivity contribution >= 4 is 24.6 Å². The molecule has 0 saturated heterocycles. The molecule has 0 fully saturated rings. The lowest BCUT2D eigenvalue weighted by molar-refractivity contribution is 0.386. The molecule has 1 heterocycles. The molecule has 5 heteroatoms. The Morgan fingerprint density at radius 1 is 1.29 bits per heavy atom. The Labute approximate surface area is 98.8 Å². The molecule has 0 bridgehead atoms. The van der Waals surface area contributed by atoms with Crippen LogP contribution in [0.2, 0.25) is 0 Å². The van der Waals surface area contributed by atoms with E-state index in [1.54, 1.807) is 18.3 Å². The summed E-state index contributed by atoms with van der Waals surface area (Å²) in [6.45, 7) is 1.97. The minimum absolute atomic E-state index is 0.720. The molecule has 2 rings (SSSR count). The maximum Gasteiger partial charge on any atom is 0.349 e. The molecule has 88 valence electrons. The van der Waals surface area contributed by atoms with Gasteiger partial charge in [-0.05, 0) is 36.3 Å². The Bertz CT molecular complexity index is 631. The molecule has 17 heavy (non-hydrogen) atoms. The summed E-state index contributed by atoms with van der Waals surface area (Å²) in [5.74, 6) is 0.891. The normalized spacial score (nSPS) is 12.4. The second kappa shape index (κ2) is 4.41. The zero-order chi connectivity index (χ0) is 12.5. The van der Waals surface area contributed by atoms with Crippen LogP contribution in [0.25, 0.3) is 17.0 Å². The van der Waals surface area contributed by atoms with Gasteiger partial charge in [0.25, 0.3) is 0 Å². The number of aromatic nitrogens is 1. The van der Waals surface area contributed by atoms with E-state index in [0.717, 1.165) is 27.8 Å². The Balaban J connectivity index is 2.42. The van der Waals surface area contributed by atoms with Crippen molar-refractivity contribution < 1.29 is 14.4 Å². The number of aryl methyl sites for hydroxylation is 1. The van der Waals surface area contributed by atoms with Gasteiger partial charge in [0.15, 0.2) is 0 Å². The zero-order valence-corrected chi connectivity index (χ0v) is 10.1. The first kappa shape index (κ1) is 12.0. The van der Waals surface area contributed by atoms with Crippen LogP contribution in [0.1, 0.15) is 11.1 Å². The lowest BCUT2D eigenvalue weighted by Crippen LogP contribution is -1.82. The van der Waals surface area contributed by atoms with E-state index in [-0.39, 0.29) is 0 Å². The number of hydrogen-bond donors (Lipinski definition) is 2. The number of nitrogens with zero attached hydrogens (tertiary/aromatic N) is 1. The summed E-state index contributed by atoms with van der Waals surface area (Å²) < 4.78 is 10.7. The highest BCUT2D eigenvalue weighted by atomic mass is 31.2. The SMILES string of the molecule is Cc1cnc2cc(/C=C/P(=O)(O)O)ccc2c1. The molecule has 0 spiro atoms. The fraction of sp³-hybridized carbons (Fsp3) is 0.0833. The van der Waals surface area contributed by atoms with Gasteiger partial charge in [0.2, 0.25) is 0 Å². The van der Waals surface area contributed by atoms with Crippen molar-refractivity contribution in [3.8, 4) is 0 Å². The fourth-order valence-electron chi connectivity index (χ4n) is 1.54. The molecule has 0 saturated carbocycles. The fourth-order valence-corrected chi connectivity index (χ4v) is 1.90. The maximum atomic E-state index is 10.7. The van der Waals surface area contributed by atoms with E-state index in [1.165, 1.54) is 6.08 Å². The maximum absolute atomic E-state index is 10.7. The quantitative estimate of drug-likeness (QED) is 0.803. The number of hydrogen-bond acceptors (Lipinski definition) is 2. The van der Waals surface area contributed by atoms with Gasteiger partial charge < -0.3 is 9.79 Å². The predicted molar refractivity (Wildman–Crippen MR) is 67.6 cm³/mol. The highest BCUT2D eigenvalue weighted by Crippen LogP contribution is 2.36. The van der Waals surface area contributed by atoms with Gasteiger partial charge in [-0.15, -0.1) is 0 Å². The molecule has 0 atom stereocenters. The third-order valence-corrected chi connectivity index (χ3v) is 2.84. The molecule has 0 radical (unpaired) electrons. The van der Waals surface area contributed by atoms with E-state index < -0.39 is 7.60 Å². The van der Waals surface area contributed by atoms with Crippen molar-refractivity contribution in [1.29, 1.82) is 0 Å². The number of fused-ring (bicyclic) bond motifs is 1. The average molecular weight is 249 g/mol. The lowest BCUT2D eigenvalue weighted by Gasteiger charge is -2.00. The van der Waals surface area contributed by atoms with Gasteiger partial charge in [0.1, 0.15) is 0 Å². The smallest absolute Gasteiger partial charge is 0.321 e. The Kier molecular flexibility index (Phi) is 3.11. The van der Waals surface area contributed by atoms with Gasteiger partial charge in [-0.2, -0.15) is 0 Å². The van der Waals surface area contributed by atoms with Crippen molar-refractivity contribution in [2.75, 3.05) is 0 Å². The second-order valence-corrected chi connectivity index (χ2v) is 5.35. The van der Waals surface area contributed by atoms with Gasteiger partial charge in [-0.1, -0.05) is 12.1 Å². The van der Waals surface area contributed by atoms with E-state index in [0.29, 0.717) is 0 Å². The summed E-state index contributed by atoms with van der Waals surface area (Å²) in [5.41, 5.74) is 2.61. The van der Waals surface area contributed by atoms with Crippen molar-refractivity contribution in [2.24, 2.45) is 0 Å².